The molecule has 158 valence electrons. The molecule has 0 fully saturated rings. The van der Waals surface area contributed by atoms with Gasteiger partial charge < -0.3 is 14.6 Å². The van der Waals surface area contributed by atoms with Gasteiger partial charge in [0.05, 0.1) is 12.2 Å². The topological polar surface area (TPSA) is 101 Å². The van der Waals surface area contributed by atoms with Crippen LogP contribution >= 0.6 is 0 Å². The van der Waals surface area contributed by atoms with E-state index in [1.54, 1.807) is 20.0 Å². The molecule has 0 unspecified atom stereocenters. The Labute approximate surface area is 174 Å². The van der Waals surface area contributed by atoms with Crippen molar-refractivity contribution in [3.63, 3.8) is 0 Å². The third-order valence-electron chi connectivity index (χ3n) is 4.78. The number of carbonyl (C=O) groups excluding carboxylic acids is 3. The zero-order chi connectivity index (χ0) is 22.6. The number of methoxy groups -OCH3 is 1. The molecular formula is C22H24FN3O4. The molecule has 0 bridgehead atoms. The van der Waals surface area contributed by atoms with Crippen LogP contribution in [0.1, 0.15) is 52.4 Å². The number of halogens is 1. The van der Waals surface area contributed by atoms with E-state index < -0.39 is 28.7 Å². The lowest BCUT2D eigenvalue weighted by Crippen LogP contribution is -2.27. The first kappa shape index (κ1) is 23.0. The van der Waals surface area contributed by atoms with Gasteiger partial charge in [-0.05, 0) is 36.6 Å². The average molecular weight is 413 g/mol. The Balaban J connectivity index is 2.25. The number of ketones is 2. The number of nitrogens with one attached hydrogen (secondary N) is 1. The normalized spacial score (nSPS) is 11.1. The van der Waals surface area contributed by atoms with Crippen molar-refractivity contribution in [2.75, 3.05) is 19.0 Å². The first-order valence-electron chi connectivity index (χ1n) is 9.24. The molecule has 0 aliphatic carbocycles. The summed E-state index contributed by atoms with van der Waals surface area (Å²) >= 11 is 0. The fourth-order valence-electron chi connectivity index (χ4n) is 3.14. The molecule has 0 saturated carbocycles. The molecule has 0 aliphatic heterocycles. The SMILES string of the molecule is COCC(C)(C)CC(=O)C(=O)c1cc(C(=O)Nc2ccc(F)c(C#N)c2)n(C)c1C. The summed E-state index contributed by atoms with van der Waals surface area (Å²) in [5.41, 5.74) is 0.323. The number of nitrogens with zero attached hydrogens (tertiary/aromatic N) is 2. The van der Waals surface area contributed by atoms with Gasteiger partial charge in [-0.3, -0.25) is 14.4 Å². The van der Waals surface area contributed by atoms with Crippen molar-refractivity contribution in [1.82, 2.24) is 4.57 Å². The smallest absolute Gasteiger partial charge is 0.272 e. The number of benzene rings is 1. The summed E-state index contributed by atoms with van der Waals surface area (Å²) < 4.78 is 20.1. The predicted octanol–water partition coefficient (Wildman–Crippen LogP) is 3.41. The lowest BCUT2D eigenvalue weighted by Gasteiger charge is -2.21. The minimum absolute atomic E-state index is 0.0159. The standard InChI is InChI=1S/C22H24FN3O4/c1-13-16(20(28)19(27)10-22(2,3)12-30-5)9-18(26(13)4)21(29)25-15-6-7-17(23)14(8-15)11-24/h6-9H,10,12H2,1-5H3,(H,25,29). The van der Waals surface area contributed by atoms with Crippen LogP contribution in [-0.4, -0.2) is 35.8 Å². The van der Waals surface area contributed by atoms with Crippen LogP contribution in [0.15, 0.2) is 24.3 Å². The molecule has 1 N–H and O–H groups in total. The number of Topliss-reactive ketones (excluding diaryl/α,β-unsaturated/α-hetero) is 2. The summed E-state index contributed by atoms with van der Waals surface area (Å²) in [6, 6.07) is 6.70. The van der Waals surface area contributed by atoms with E-state index in [4.69, 9.17) is 10.00 Å². The first-order valence-corrected chi connectivity index (χ1v) is 9.24. The van der Waals surface area contributed by atoms with Gasteiger partial charge in [0.1, 0.15) is 17.6 Å². The van der Waals surface area contributed by atoms with Gasteiger partial charge in [-0.2, -0.15) is 5.26 Å². The Morgan fingerprint density at radius 3 is 2.53 bits per heavy atom. The lowest BCUT2D eigenvalue weighted by atomic mass is 9.86. The van der Waals surface area contributed by atoms with Gasteiger partial charge in [0.25, 0.3) is 5.91 Å². The number of rotatable bonds is 8. The van der Waals surface area contributed by atoms with Crippen molar-refractivity contribution in [2.24, 2.45) is 12.5 Å². The highest BCUT2D eigenvalue weighted by Crippen LogP contribution is 2.24. The van der Waals surface area contributed by atoms with Crippen LogP contribution in [-0.2, 0) is 16.6 Å². The van der Waals surface area contributed by atoms with E-state index in [1.807, 2.05) is 13.8 Å². The molecule has 30 heavy (non-hydrogen) atoms. The molecule has 2 aromatic rings. The molecule has 0 radical (unpaired) electrons. The average Bonchev–Trinajstić information content (AvgIpc) is 2.97. The monoisotopic (exact) mass is 413 g/mol. The lowest BCUT2D eigenvalue weighted by molar-refractivity contribution is -0.117. The maximum atomic E-state index is 13.5. The second-order valence-electron chi connectivity index (χ2n) is 7.87. The molecule has 2 rings (SSSR count). The number of aromatic nitrogens is 1. The second-order valence-corrected chi connectivity index (χ2v) is 7.87. The molecule has 0 saturated heterocycles. The van der Waals surface area contributed by atoms with Crippen molar-refractivity contribution in [3.05, 3.63) is 52.6 Å². The molecule has 0 atom stereocenters. The minimum Gasteiger partial charge on any atom is -0.384 e. The molecule has 1 aromatic heterocycles. The zero-order valence-electron chi connectivity index (χ0n) is 17.6. The van der Waals surface area contributed by atoms with Gasteiger partial charge in [0.2, 0.25) is 11.6 Å². The summed E-state index contributed by atoms with van der Waals surface area (Å²) in [6.45, 7) is 5.63. The summed E-state index contributed by atoms with van der Waals surface area (Å²) in [4.78, 5) is 37.9. The van der Waals surface area contributed by atoms with Crippen LogP contribution in [0.25, 0.3) is 0 Å². The van der Waals surface area contributed by atoms with Crippen molar-refractivity contribution >= 4 is 23.2 Å². The zero-order valence-corrected chi connectivity index (χ0v) is 17.6. The Morgan fingerprint density at radius 1 is 1.27 bits per heavy atom. The molecular weight excluding hydrogens is 389 g/mol. The highest BCUT2D eigenvalue weighted by atomic mass is 19.1. The third kappa shape index (κ3) is 4.99. The quantitative estimate of drug-likeness (QED) is 0.528. The number of anilines is 1. The van der Waals surface area contributed by atoms with E-state index in [1.165, 1.54) is 29.9 Å². The molecule has 7 nitrogen and oxygen atoms in total. The van der Waals surface area contributed by atoms with Crippen LogP contribution in [0, 0.1) is 29.5 Å². The van der Waals surface area contributed by atoms with Crippen LogP contribution < -0.4 is 5.32 Å². The van der Waals surface area contributed by atoms with Gasteiger partial charge in [0, 0.05) is 37.5 Å². The number of hydrogen-bond acceptors (Lipinski definition) is 5. The summed E-state index contributed by atoms with van der Waals surface area (Å²) in [5, 5.41) is 11.5. The van der Waals surface area contributed by atoms with Gasteiger partial charge in [-0.25, -0.2) is 4.39 Å². The van der Waals surface area contributed by atoms with E-state index in [2.05, 4.69) is 5.32 Å². The Kier molecular flexibility index (Phi) is 6.90. The maximum Gasteiger partial charge on any atom is 0.272 e. The molecule has 0 aliphatic rings. The highest BCUT2D eigenvalue weighted by Gasteiger charge is 2.29. The Hall–Kier alpha value is -3.31. The van der Waals surface area contributed by atoms with E-state index in [9.17, 15) is 18.8 Å². The Morgan fingerprint density at radius 2 is 1.93 bits per heavy atom. The van der Waals surface area contributed by atoms with Crippen molar-refractivity contribution in [1.29, 1.82) is 5.26 Å². The molecule has 0 spiro atoms. The highest BCUT2D eigenvalue weighted by molar-refractivity contribution is 6.44. The summed E-state index contributed by atoms with van der Waals surface area (Å²) in [6.07, 6.45) is 0.0159. The fourth-order valence-corrected chi connectivity index (χ4v) is 3.14. The van der Waals surface area contributed by atoms with Crippen LogP contribution in [0.2, 0.25) is 0 Å². The van der Waals surface area contributed by atoms with Crippen molar-refractivity contribution < 1.29 is 23.5 Å². The largest absolute Gasteiger partial charge is 0.384 e. The summed E-state index contributed by atoms with van der Waals surface area (Å²) in [7, 11) is 3.13. The van der Waals surface area contributed by atoms with Gasteiger partial charge in [-0.15, -0.1) is 0 Å². The maximum absolute atomic E-state index is 13.5. The molecule has 1 heterocycles. The van der Waals surface area contributed by atoms with E-state index >= 15 is 0 Å². The van der Waals surface area contributed by atoms with Crippen molar-refractivity contribution in [3.8, 4) is 6.07 Å². The van der Waals surface area contributed by atoms with E-state index in [0.717, 1.165) is 6.07 Å². The van der Waals surface area contributed by atoms with E-state index in [-0.39, 0.29) is 28.9 Å². The van der Waals surface area contributed by atoms with Gasteiger partial charge >= 0.3 is 0 Å². The third-order valence-corrected chi connectivity index (χ3v) is 4.78. The number of carbonyl (C=O) groups is 3. The predicted molar refractivity (Wildman–Crippen MR) is 109 cm³/mol. The van der Waals surface area contributed by atoms with Crippen LogP contribution in [0.4, 0.5) is 10.1 Å². The summed E-state index contributed by atoms with van der Waals surface area (Å²) in [5.74, 6) is -2.47. The molecule has 1 aromatic carbocycles. The number of hydrogen-bond donors (Lipinski definition) is 1. The molecule has 1 amide bonds. The van der Waals surface area contributed by atoms with Gasteiger partial charge in [0.15, 0.2) is 0 Å². The minimum atomic E-state index is -0.687. The Bertz CT molecular complexity index is 1050. The first-order chi connectivity index (χ1) is 14.0. The number of amides is 1. The van der Waals surface area contributed by atoms with Gasteiger partial charge in [-0.1, -0.05) is 13.8 Å². The van der Waals surface area contributed by atoms with E-state index in [0.29, 0.717) is 12.3 Å². The fraction of sp³-hybridized carbons (Fsp3) is 0.364. The molecule has 8 heteroatoms. The van der Waals surface area contributed by atoms with Crippen molar-refractivity contribution in [2.45, 2.75) is 27.2 Å². The number of ether oxygens (including phenoxy) is 1. The number of nitriles is 1. The van der Waals surface area contributed by atoms with Crippen LogP contribution in [0.5, 0.6) is 0 Å². The second kappa shape index (κ2) is 9.01. The van der Waals surface area contributed by atoms with Crippen LogP contribution in [0.3, 0.4) is 0 Å².